The van der Waals surface area contributed by atoms with Gasteiger partial charge in [0.2, 0.25) is 0 Å². The summed E-state index contributed by atoms with van der Waals surface area (Å²) in [7, 11) is 2.09. The third kappa shape index (κ3) is 4.07. The Kier molecular flexibility index (Phi) is 6.44. The van der Waals surface area contributed by atoms with Gasteiger partial charge in [0.25, 0.3) is 0 Å². The van der Waals surface area contributed by atoms with Crippen molar-refractivity contribution in [2.45, 2.75) is 31.3 Å². The first-order valence-electron chi connectivity index (χ1n) is 6.20. The van der Waals surface area contributed by atoms with E-state index in [1.54, 1.807) is 0 Å². The molecule has 2 unspecified atom stereocenters. The van der Waals surface area contributed by atoms with Crippen molar-refractivity contribution >= 4 is 6.98 Å². The number of hydrogen-bond donors (Lipinski definition) is 0. The van der Waals surface area contributed by atoms with Gasteiger partial charge in [0.15, 0.2) is 0 Å². The average Bonchev–Trinajstić information content (AvgIpc) is 2.44. The van der Waals surface area contributed by atoms with Gasteiger partial charge in [0.1, 0.15) is 0 Å². The summed E-state index contributed by atoms with van der Waals surface area (Å²) >= 11 is 0. The molecule has 0 aromatic heterocycles. The average molecular weight is 286 g/mol. The van der Waals surface area contributed by atoms with Crippen LogP contribution in [0.1, 0.15) is 19.3 Å². The van der Waals surface area contributed by atoms with E-state index >= 15 is 0 Å². The Hall–Kier alpha value is 1.15. The molecule has 2 aliphatic rings. The molecule has 2 bridgehead atoms. The van der Waals surface area contributed by atoms with Crippen LogP contribution in [-0.4, -0.2) is 55.5 Å². The molecule has 2 nitrogen and oxygen atoms in total. The van der Waals surface area contributed by atoms with Gasteiger partial charge in [-0.3, -0.25) is 4.90 Å². The van der Waals surface area contributed by atoms with Crippen molar-refractivity contribution in [3.63, 3.8) is 0 Å². The summed E-state index contributed by atoms with van der Waals surface area (Å²) in [5, 5.41) is 0. The van der Waals surface area contributed by atoms with Crippen molar-refractivity contribution < 1.29 is 64.3 Å². The zero-order chi connectivity index (χ0) is 12.6. The molecule has 2 aliphatic heterocycles. The van der Waals surface area contributed by atoms with E-state index in [1.807, 2.05) is 4.90 Å². The molecular weight excluding hydrogens is 267 g/mol. The van der Waals surface area contributed by atoms with E-state index < -0.39 is 12.4 Å². The van der Waals surface area contributed by atoms with Crippen LogP contribution >= 0.6 is 0 Å². The molecule has 0 N–H and O–H groups in total. The molecule has 0 radical (unpaired) electrons. The fourth-order valence-corrected chi connectivity index (χ4v) is 2.91. The van der Waals surface area contributed by atoms with Gasteiger partial charge in [-0.25, -0.2) is 0 Å². The van der Waals surface area contributed by atoms with Gasteiger partial charge in [-0.15, -0.1) is 12.1 Å². The first-order chi connectivity index (χ1) is 7.88. The van der Waals surface area contributed by atoms with E-state index in [0.29, 0.717) is 12.1 Å². The van der Waals surface area contributed by atoms with Crippen molar-refractivity contribution in [1.29, 1.82) is 0 Å². The minimum Gasteiger partial charge on any atom is -0.445 e. The molecule has 0 saturated carbocycles. The maximum absolute atomic E-state index is 12.5. The van der Waals surface area contributed by atoms with Crippen LogP contribution in [-0.2, 0) is 0 Å². The normalized spacial score (nSPS) is 29.8. The third-order valence-electron chi connectivity index (χ3n) is 4.12. The summed E-state index contributed by atoms with van der Waals surface area (Å²) in [6, 6.07) is 0.991. The summed E-state index contributed by atoms with van der Waals surface area (Å²) < 4.78 is 37.5. The number of rotatable bonds is 3. The zero-order valence-corrected chi connectivity index (χ0v) is 14.3. The van der Waals surface area contributed by atoms with E-state index in [-0.39, 0.29) is 57.9 Å². The molecule has 0 aromatic carbocycles. The van der Waals surface area contributed by atoms with Gasteiger partial charge in [-0.05, 0) is 39.4 Å². The fourth-order valence-electron chi connectivity index (χ4n) is 2.91. The monoisotopic (exact) mass is 286 g/mol. The topological polar surface area (TPSA) is 6.48 Å². The predicted octanol–water partition coefficient (Wildman–Crippen LogP) is -0.898. The van der Waals surface area contributed by atoms with Gasteiger partial charge in [-0.1, -0.05) is 0 Å². The van der Waals surface area contributed by atoms with E-state index in [4.69, 9.17) is 0 Å². The predicted molar refractivity (Wildman–Crippen MR) is 63.8 cm³/mol. The Morgan fingerprint density at radius 3 is 2.44 bits per heavy atom. The third-order valence-corrected chi connectivity index (χ3v) is 4.12. The molecule has 0 spiro atoms. The minimum atomic E-state index is -4.88. The molecule has 7 heteroatoms. The summed E-state index contributed by atoms with van der Waals surface area (Å²) in [6.45, 7) is -0.206. The molecular formula is C11H19BF3KN2. The smallest absolute Gasteiger partial charge is 0.445 e. The van der Waals surface area contributed by atoms with E-state index in [1.165, 1.54) is 6.42 Å². The van der Waals surface area contributed by atoms with Gasteiger partial charge in [0, 0.05) is 18.6 Å². The quantitative estimate of drug-likeness (QED) is 0.621. The molecule has 2 saturated heterocycles. The summed E-state index contributed by atoms with van der Waals surface area (Å²) in [4.78, 5) is 4.25. The van der Waals surface area contributed by atoms with E-state index in [2.05, 4.69) is 18.5 Å². The van der Waals surface area contributed by atoms with Crippen LogP contribution < -0.4 is 51.4 Å². The Morgan fingerprint density at radius 2 is 1.83 bits per heavy atom. The number of likely N-dealkylation sites (N-methyl/N-ethyl adjacent to an activating group) is 1. The Bertz CT molecular complexity index is 311. The number of likely N-dealkylation sites (tertiary alicyclic amines) is 1. The number of fused-ring (bicyclic) bond motifs is 2. The second kappa shape index (κ2) is 6.74. The van der Waals surface area contributed by atoms with Crippen molar-refractivity contribution in [2.75, 3.05) is 26.7 Å². The van der Waals surface area contributed by atoms with E-state index in [0.717, 1.165) is 25.9 Å². The second-order valence-electron chi connectivity index (χ2n) is 5.31. The van der Waals surface area contributed by atoms with Crippen LogP contribution in [0.3, 0.4) is 0 Å². The van der Waals surface area contributed by atoms with Crippen molar-refractivity contribution in [2.24, 2.45) is 0 Å². The summed E-state index contributed by atoms with van der Waals surface area (Å²) in [6.07, 6.45) is 3.28. The standard InChI is InChI=1S/C11H19BF3N2.K/c1-9(12(13,14)15)7-17-6-5-10-3-4-11(8-17)16(10)2;/h10-11H,1,3-8H2,2H3;/q-1;+1. The SMILES string of the molecule is C=C(CN1CCC2CCC(C1)N2C)[B-](F)(F)F.[K+]. The molecule has 2 heterocycles. The van der Waals surface area contributed by atoms with Crippen LogP contribution in [0.5, 0.6) is 0 Å². The molecule has 0 aromatic rings. The van der Waals surface area contributed by atoms with Gasteiger partial charge < -0.3 is 17.8 Å². The Morgan fingerprint density at radius 1 is 1.22 bits per heavy atom. The molecule has 98 valence electrons. The summed E-state index contributed by atoms with van der Waals surface area (Å²) in [5.41, 5.74) is -0.564. The Labute approximate surface area is 149 Å². The molecule has 2 fully saturated rings. The van der Waals surface area contributed by atoms with Crippen LogP contribution in [0.25, 0.3) is 0 Å². The summed E-state index contributed by atoms with van der Waals surface area (Å²) in [5.74, 6) is 0. The maximum atomic E-state index is 12.5. The molecule has 2 rings (SSSR count). The number of halogens is 3. The fraction of sp³-hybridized carbons (Fsp3) is 0.818. The van der Waals surface area contributed by atoms with Gasteiger partial charge in [0.05, 0.1) is 0 Å². The largest absolute Gasteiger partial charge is 1.00 e. The molecule has 0 aliphatic carbocycles. The van der Waals surface area contributed by atoms with Crippen LogP contribution in [0, 0.1) is 0 Å². The van der Waals surface area contributed by atoms with Gasteiger partial charge in [-0.2, -0.15) is 0 Å². The number of nitrogens with zero attached hydrogens (tertiary/aromatic N) is 2. The van der Waals surface area contributed by atoms with E-state index in [9.17, 15) is 12.9 Å². The first kappa shape index (κ1) is 17.2. The van der Waals surface area contributed by atoms with Crippen LogP contribution in [0.4, 0.5) is 12.9 Å². The zero-order valence-electron chi connectivity index (χ0n) is 11.2. The van der Waals surface area contributed by atoms with Crippen LogP contribution in [0.2, 0.25) is 0 Å². The second-order valence-corrected chi connectivity index (χ2v) is 5.31. The number of hydrogen-bond acceptors (Lipinski definition) is 2. The van der Waals surface area contributed by atoms with Crippen molar-refractivity contribution in [3.8, 4) is 0 Å². The van der Waals surface area contributed by atoms with Gasteiger partial charge >= 0.3 is 58.4 Å². The molecule has 18 heavy (non-hydrogen) atoms. The van der Waals surface area contributed by atoms with Crippen LogP contribution in [0.15, 0.2) is 12.1 Å². The first-order valence-corrected chi connectivity index (χ1v) is 6.20. The Balaban J connectivity index is 0.00000162. The van der Waals surface area contributed by atoms with Crippen molar-refractivity contribution in [1.82, 2.24) is 9.80 Å². The molecule has 0 amide bonds. The van der Waals surface area contributed by atoms with Crippen molar-refractivity contribution in [3.05, 3.63) is 12.1 Å². The maximum Gasteiger partial charge on any atom is 1.00 e. The molecule has 2 atom stereocenters. The minimum absolute atomic E-state index is 0.